The summed E-state index contributed by atoms with van der Waals surface area (Å²) in [5.41, 5.74) is 3.35. The Morgan fingerprint density at radius 2 is 1.89 bits per heavy atom. The summed E-state index contributed by atoms with van der Waals surface area (Å²) in [7, 11) is 4.01. The molecule has 0 aliphatic carbocycles. The number of hydrogen-bond donors (Lipinski definition) is 0. The van der Waals surface area contributed by atoms with E-state index in [0.29, 0.717) is 17.3 Å². The largest absolute Gasteiger partial charge is 0.308 e. The number of halogens is 2. The molecule has 0 aliphatic heterocycles. The number of aryl methyl sites for hydroxylation is 2. The fourth-order valence-corrected chi connectivity index (χ4v) is 4.94. The van der Waals surface area contributed by atoms with E-state index >= 15 is 0 Å². The number of hydrogen-bond acceptors (Lipinski definition) is 5. The number of amides is 1. The Morgan fingerprint density at radius 3 is 2.52 bits per heavy atom. The lowest BCUT2D eigenvalue weighted by Gasteiger charge is -2.21. The molecule has 0 unspecified atom stereocenters. The van der Waals surface area contributed by atoms with E-state index in [1.807, 2.05) is 31.1 Å². The van der Waals surface area contributed by atoms with Crippen molar-refractivity contribution in [3.8, 4) is 0 Å². The quantitative estimate of drug-likeness (QED) is 0.525. The van der Waals surface area contributed by atoms with E-state index in [9.17, 15) is 4.79 Å². The zero-order valence-electron chi connectivity index (χ0n) is 15.8. The molecule has 146 valence electrons. The number of rotatable bonds is 6. The van der Waals surface area contributed by atoms with Crippen molar-refractivity contribution in [2.24, 2.45) is 0 Å². The van der Waals surface area contributed by atoms with Crippen LogP contribution >= 0.6 is 46.7 Å². The summed E-state index contributed by atoms with van der Waals surface area (Å²) in [6.45, 7) is 5.56. The van der Waals surface area contributed by atoms with Gasteiger partial charge in [-0.2, -0.15) is 0 Å². The highest BCUT2D eigenvalue weighted by Gasteiger charge is 2.21. The average Bonchev–Trinajstić information content (AvgIpc) is 3.13. The van der Waals surface area contributed by atoms with Crippen molar-refractivity contribution in [1.29, 1.82) is 0 Å². The minimum atomic E-state index is 0. The molecule has 0 bridgehead atoms. The molecule has 27 heavy (non-hydrogen) atoms. The molecule has 0 radical (unpaired) electrons. The van der Waals surface area contributed by atoms with Crippen LogP contribution in [0.2, 0.25) is 4.34 Å². The van der Waals surface area contributed by atoms with Gasteiger partial charge in [-0.25, -0.2) is 4.98 Å². The SMILES string of the molecule is Cc1cc(C)c2sc(N(CCN(C)C)C(=O)Cc3ccc(Cl)s3)nc2c1.Cl. The Morgan fingerprint density at radius 1 is 1.15 bits per heavy atom. The maximum atomic E-state index is 13.0. The van der Waals surface area contributed by atoms with Gasteiger partial charge in [0.15, 0.2) is 5.13 Å². The third kappa shape index (κ3) is 5.42. The molecule has 8 heteroatoms. The molecule has 1 aromatic carbocycles. The number of aromatic nitrogens is 1. The number of benzene rings is 1. The van der Waals surface area contributed by atoms with Crippen LogP contribution in [0.1, 0.15) is 16.0 Å². The molecule has 0 N–H and O–H groups in total. The summed E-state index contributed by atoms with van der Waals surface area (Å²) in [6.07, 6.45) is 0.346. The van der Waals surface area contributed by atoms with Gasteiger partial charge < -0.3 is 4.90 Å². The molecule has 0 aliphatic rings. The summed E-state index contributed by atoms with van der Waals surface area (Å²) in [5, 5.41) is 0.767. The van der Waals surface area contributed by atoms with Gasteiger partial charge in [0.25, 0.3) is 0 Å². The van der Waals surface area contributed by atoms with E-state index in [0.717, 1.165) is 26.8 Å². The van der Waals surface area contributed by atoms with E-state index in [1.54, 1.807) is 11.3 Å². The molecule has 3 rings (SSSR count). The van der Waals surface area contributed by atoms with Crippen molar-refractivity contribution in [1.82, 2.24) is 9.88 Å². The Hall–Kier alpha value is -1.18. The van der Waals surface area contributed by atoms with Crippen LogP contribution in [-0.2, 0) is 11.2 Å². The van der Waals surface area contributed by atoms with E-state index in [1.165, 1.54) is 22.5 Å². The highest BCUT2D eigenvalue weighted by Crippen LogP contribution is 2.32. The second-order valence-electron chi connectivity index (χ2n) is 6.66. The summed E-state index contributed by atoms with van der Waals surface area (Å²) in [6, 6.07) is 7.99. The number of anilines is 1. The van der Waals surface area contributed by atoms with Gasteiger partial charge in [-0.15, -0.1) is 23.7 Å². The van der Waals surface area contributed by atoms with Gasteiger partial charge in [0.1, 0.15) is 0 Å². The van der Waals surface area contributed by atoms with E-state index in [-0.39, 0.29) is 18.3 Å². The summed E-state index contributed by atoms with van der Waals surface area (Å²) in [5.74, 6) is 0.0544. The summed E-state index contributed by atoms with van der Waals surface area (Å²) in [4.78, 5) is 22.6. The van der Waals surface area contributed by atoms with Crippen LogP contribution in [0.3, 0.4) is 0 Å². The van der Waals surface area contributed by atoms with Crippen molar-refractivity contribution in [2.75, 3.05) is 32.1 Å². The molecule has 2 heterocycles. The molecule has 0 spiro atoms. The predicted octanol–water partition coefficient (Wildman–Crippen LogP) is 5.19. The zero-order valence-corrected chi connectivity index (χ0v) is 19.0. The maximum Gasteiger partial charge on any atom is 0.234 e. The standard InChI is InChI=1S/C19H22ClN3OS2.ClH/c1-12-9-13(2)18-15(10-12)21-19(26-18)23(8-7-22(3)4)17(24)11-14-5-6-16(20)25-14;/h5-6,9-10H,7-8,11H2,1-4H3;1H. The van der Waals surface area contributed by atoms with E-state index in [2.05, 4.69) is 30.9 Å². The van der Waals surface area contributed by atoms with Crippen LogP contribution in [-0.4, -0.2) is 43.0 Å². The molecule has 0 atom stereocenters. The number of thiazole rings is 1. The van der Waals surface area contributed by atoms with Gasteiger partial charge in [0, 0.05) is 18.0 Å². The van der Waals surface area contributed by atoms with Crippen LogP contribution in [0.25, 0.3) is 10.2 Å². The Kier molecular flexibility index (Phi) is 7.65. The van der Waals surface area contributed by atoms with Gasteiger partial charge in [-0.1, -0.05) is 29.0 Å². The highest BCUT2D eigenvalue weighted by molar-refractivity contribution is 7.22. The van der Waals surface area contributed by atoms with Crippen LogP contribution in [0.4, 0.5) is 5.13 Å². The van der Waals surface area contributed by atoms with E-state index < -0.39 is 0 Å². The van der Waals surface area contributed by atoms with Gasteiger partial charge in [0.05, 0.1) is 21.0 Å². The van der Waals surface area contributed by atoms with Gasteiger partial charge in [-0.3, -0.25) is 9.69 Å². The number of thiophene rings is 1. The first-order valence-electron chi connectivity index (χ1n) is 8.40. The molecule has 0 fully saturated rings. The lowest BCUT2D eigenvalue weighted by molar-refractivity contribution is -0.118. The number of carbonyl (C=O) groups excluding carboxylic acids is 1. The van der Waals surface area contributed by atoms with Crippen molar-refractivity contribution in [3.63, 3.8) is 0 Å². The minimum Gasteiger partial charge on any atom is -0.308 e. The van der Waals surface area contributed by atoms with Crippen molar-refractivity contribution < 1.29 is 4.79 Å². The minimum absolute atomic E-state index is 0. The molecular formula is C19H23Cl2N3OS2. The molecule has 0 saturated heterocycles. The highest BCUT2D eigenvalue weighted by atomic mass is 35.5. The zero-order chi connectivity index (χ0) is 18.8. The van der Waals surface area contributed by atoms with Crippen molar-refractivity contribution in [2.45, 2.75) is 20.3 Å². The monoisotopic (exact) mass is 443 g/mol. The molecule has 4 nitrogen and oxygen atoms in total. The van der Waals surface area contributed by atoms with Crippen LogP contribution < -0.4 is 4.90 Å². The topological polar surface area (TPSA) is 36.4 Å². The molecule has 0 saturated carbocycles. The number of carbonyl (C=O) groups is 1. The fraction of sp³-hybridized carbons (Fsp3) is 0.368. The first-order valence-corrected chi connectivity index (χ1v) is 10.4. The van der Waals surface area contributed by atoms with Gasteiger partial charge >= 0.3 is 0 Å². The molecule has 3 aromatic rings. The lowest BCUT2D eigenvalue weighted by Crippen LogP contribution is -2.37. The normalized spacial score (nSPS) is 11.0. The van der Waals surface area contributed by atoms with Crippen LogP contribution in [0.15, 0.2) is 24.3 Å². The fourth-order valence-electron chi connectivity index (χ4n) is 2.80. The second kappa shape index (κ2) is 9.34. The number of fused-ring (bicyclic) bond motifs is 1. The summed E-state index contributed by atoms with van der Waals surface area (Å²) >= 11 is 9.05. The Balaban J connectivity index is 0.00000261. The molecule has 2 aromatic heterocycles. The smallest absolute Gasteiger partial charge is 0.234 e. The first kappa shape index (κ1) is 22.1. The Bertz CT molecular complexity index is 936. The lowest BCUT2D eigenvalue weighted by atomic mass is 10.1. The maximum absolute atomic E-state index is 13.0. The Labute approximate surface area is 179 Å². The first-order chi connectivity index (χ1) is 12.3. The third-order valence-corrected chi connectivity index (χ3v) is 6.53. The predicted molar refractivity (Wildman–Crippen MR) is 120 cm³/mol. The molecular weight excluding hydrogens is 421 g/mol. The summed E-state index contributed by atoms with van der Waals surface area (Å²) < 4.78 is 1.85. The third-order valence-electron chi connectivity index (χ3n) is 4.07. The van der Waals surface area contributed by atoms with Gasteiger partial charge in [0.2, 0.25) is 5.91 Å². The molecule has 1 amide bonds. The number of likely N-dealkylation sites (N-methyl/N-ethyl adjacent to an activating group) is 1. The number of nitrogens with zero attached hydrogens (tertiary/aromatic N) is 3. The van der Waals surface area contributed by atoms with E-state index in [4.69, 9.17) is 16.6 Å². The van der Waals surface area contributed by atoms with Crippen LogP contribution in [0.5, 0.6) is 0 Å². The second-order valence-corrected chi connectivity index (χ2v) is 9.43. The van der Waals surface area contributed by atoms with Crippen molar-refractivity contribution in [3.05, 3.63) is 44.6 Å². The van der Waals surface area contributed by atoms with Gasteiger partial charge in [-0.05, 0) is 57.3 Å². The van der Waals surface area contributed by atoms with Crippen LogP contribution in [0, 0.1) is 13.8 Å². The average molecular weight is 444 g/mol. The van der Waals surface area contributed by atoms with Crippen molar-refractivity contribution >= 4 is 67.9 Å².